The number of carbonyl (C=O) groups excluding carboxylic acids is 1. The third kappa shape index (κ3) is 5.52. The van der Waals surface area contributed by atoms with E-state index in [-0.39, 0.29) is 5.91 Å². The largest absolute Gasteiger partial charge is 0.355 e. The average Bonchev–Trinajstić information content (AvgIpc) is 3.29. The molecule has 8 heteroatoms. The highest BCUT2D eigenvalue weighted by atomic mass is 32.1. The third-order valence-corrected chi connectivity index (χ3v) is 6.44. The number of nitrogens with one attached hydrogen (secondary N) is 1. The fourth-order valence-corrected chi connectivity index (χ4v) is 4.85. The van der Waals surface area contributed by atoms with Crippen molar-refractivity contribution in [1.82, 2.24) is 24.6 Å². The monoisotopic (exact) mass is 421 g/mol. The number of aromatic nitrogens is 3. The molecule has 6 nitrogen and oxygen atoms in total. The molecule has 28 heavy (non-hydrogen) atoms. The maximum absolute atomic E-state index is 12.0. The molecule has 0 radical (unpaired) electrons. The second kappa shape index (κ2) is 10.3. The SMILES string of the molecule is CCCNC(=O)CN(C)Cn1nc(Cc2cccs2)n(C2CCCCC2)c1=S. The number of amides is 1. The van der Waals surface area contributed by atoms with Crippen LogP contribution in [0.4, 0.5) is 0 Å². The Kier molecular flexibility index (Phi) is 7.82. The number of rotatable bonds is 9. The van der Waals surface area contributed by atoms with Gasteiger partial charge in [0, 0.05) is 23.9 Å². The minimum Gasteiger partial charge on any atom is -0.355 e. The molecule has 1 N–H and O–H groups in total. The second-order valence-corrected chi connectivity index (χ2v) is 9.02. The molecule has 2 aromatic heterocycles. The number of thiophene rings is 1. The first-order chi connectivity index (χ1) is 13.6. The van der Waals surface area contributed by atoms with Crippen molar-refractivity contribution in [2.24, 2.45) is 0 Å². The third-order valence-electron chi connectivity index (χ3n) is 5.15. The van der Waals surface area contributed by atoms with Crippen LogP contribution in [0, 0.1) is 4.77 Å². The summed E-state index contributed by atoms with van der Waals surface area (Å²) in [7, 11) is 1.94. The maximum atomic E-state index is 12.0. The standard InChI is InChI=1S/C20H31N5OS2/c1-3-11-21-19(26)14-23(2)15-24-20(27)25(16-8-5-4-6-9-16)18(22-24)13-17-10-7-12-28-17/h7,10,12,16H,3-6,8-9,11,13-15H2,1-2H3,(H,21,26). The van der Waals surface area contributed by atoms with Crippen molar-refractivity contribution in [1.29, 1.82) is 0 Å². The van der Waals surface area contributed by atoms with Crippen LogP contribution in [-0.4, -0.2) is 45.3 Å². The highest BCUT2D eigenvalue weighted by Crippen LogP contribution is 2.30. The Morgan fingerprint density at radius 2 is 2.18 bits per heavy atom. The van der Waals surface area contributed by atoms with Crippen molar-refractivity contribution in [3.63, 3.8) is 0 Å². The number of carbonyl (C=O) groups is 1. The lowest BCUT2D eigenvalue weighted by Crippen LogP contribution is -2.36. The molecule has 2 aromatic rings. The maximum Gasteiger partial charge on any atom is 0.234 e. The van der Waals surface area contributed by atoms with Crippen LogP contribution in [0.2, 0.25) is 0 Å². The highest BCUT2D eigenvalue weighted by molar-refractivity contribution is 7.71. The molecule has 0 spiro atoms. The van der Waals surface area contributed by atoms with Crippen molar-refractivity contribution >= 4 is 29.5 Å². The first kappa shape index (κ1) is 21.2. The molecule has 0 unspecified atom stereocenters. The number of hydrogen-bond donors (Lipinski definition) is 1. The Morgan fingerprint density at radius 3 is 2.86 bits per heavy atom. The summed E-state index contributed by atoms with van der Waals surface area (Å²) in [6.45, 7) is 3.64. The molecule has 1 amide bonds. The van der Waals surface area contributed by atoms with Gasteiger partial charge in [-0.3, -0.25) is 9.69 Å². The van der Waals surface area contributed by atoms with E-state index in [9.17, 15) is 4.79 Å². The quantitative estimate of drug-likeness (QED) is 0.622. The predicted molar refractivity (Wildman–Crippen MR) is 116 cm³/mol. The van der Waals surface area contributed by atoms with Gasteiger partial charge < -0.3 is 9.88 Å². The zero-order valence-corrected chi connectivity index (χ0v) is 18.5. The van der Waals surface area contributed by atoms with Gasteiger partial charge in [-0.25, -0.2) is 4.68 Å². The molecule has 0 aromatic carbocycles. The lowest BCUT2D eigenvalue weighted by atomic mass is 9.95. The van der Waals surface area contributed by atoms with E-state index in [4.69, 9.17) is 17.3 Å². The van der Waals surface area contributed by atoms with Crippen LogP contribution in [0.25, 0.3) is 0 Å². The summed E-state index contributed by atoms with van der Waals surface area (Å²) in [6.07, 6.45) is 7.93. The molecule has 1 saturated carbocycles. The number of hydrogen-bond acceptors (Lipinski definition) is 5. The Morgan fingerprint density at radius 1 is 1.39 bits per heavy atom. The van der Waals surface area contributed by atoms with Crippen molar-refractivity contribution in [3.05, 3.63) is 33.0 Å². The van der Waals surface area contributed by atoms with E-state index in [1.807, 2.05) is 16.6 Å². The summed E-state index contributed by atoms with van der Waals surface area (Å²) in [5, 5.41) is 9.91. The molecule has 1 aliphatic carbocycles. The molecule has 1 fully saturated rings. The van der Waals surface area contributed by atoms with Gasteiger partial charge in [-0.1, -0.05) is 32.3 Å². The smallest absolute Gasteiger partial charge is 0.234 e. The minimum absolute atomic E-state index is 0.0430. The molecule has 0 saturated heterocycles. The lowest BCUT2D eigenvalue weighted by Gasteiger charge is -2.24. The zero-order chi connectivity index (χ0) is 19.9. The second-order valence-electron chi connectivity index (χ2n) is 7.62. The Labute approximate surface area is 176 Å². The zero-order valence-electron chi connectivity index (χ0n) is 16.9. The summed E-state index contributed by atoms with van der Waals surface area (Å²) in [5.41, 5.74) is 0. The van der Waals surface area contributed by atoms with Crippen LogP contribution < -0.4 is 5.32 Å². The van der Waals surface area contributed by atoms with Gasteiger partial charge in [0.05, 0.1) is 13.2 Å². The van der Waals surface area contributed by atoms with Crippen LogP contribution in [-0.2, 0) is 17.9 Å². The number of likely N-dealkylation sites (N-methyl/N-ethyl adjacent to an activating group) is 1. The van der Waals surface area contributed by atoms with E-state index in [0.717, 1.165) is 23.4 Å². The summed E-state index contributed by atoms with van der Waals surface area (Å²) < 4.78 is 4.96. The van der Waals surface area contributed by atoms with E-state index < -0.39 is 0 Å². The van der Waals surface area contributed by atoms with Crippen LogP contribution >= 0.6 is 23.6 Å². The van der Waals surface area contributed by atoms with E-state index in [2.05, 4.69) is 34.3 Å². The average molecular weight is 422 g/mol. The summed E-state index contributed by atoms with van der Waals surface area (Å²) >= 11 is 7.59. The van der Waals surface area contributed by atoms with Crippen molar-refractivity contribution in [2.45, 2.75) is 64.6 Å². The van der Waals surface area contributed by atoms with Crippen LogP contribution in [0.5, 0.6) is 0 Å². The number of nitrogens with zero attached hydrogens (tertiary/aromatic N) is 4. The molecule has 1 aliphatic rings. The molecule has 2 heterocycles. The molecule has 0 aliphatic heterocycles. The molecule has 3 rings (SSSR count). The van der Waals surface area contributed by atoms with Crippen molar-refractivity contribution in [2.75, 3.05) is 20.1 Å². The van der Waals surface area contributed by atoms with Crippen LogP contribution in [0.3, 0.4) is 0 Å². The van der Waals surface area contributed by atoms with Gasteiger partial charge in [-0.2, -0.15) is 5.10 Å². The molecular formula is C20H31N5OS2. The van der Waals surface area contributed by atoms with E-state index >= 15 is 0 Å². The van der Waals surface area contributed by atoms with Gasteiger partial charge in [0.2, 0.25) is 5.91 Å². The van der Waals surface area contributed by atoms with Gasteiger partial charge in [0.15, 0.2) is 4.77 Å². The first-order valence-corrected chi connectivity index (χ1v) is 11.5. The minimum atomic E-state index is 0.0430. The molecule has 154 valence electrons. The van der Waals surface area contributed by atoms with Crippen LogP contribution in [0.1, 0.15) is 62.2 Å². The molecule has 0 atom stereocenters. The normalized spacial score (nSPS) is 15.2. The Hall–Kier alpha value is -1.51. The fourth-order valence-electron chi connectivity index (χ4n) is 3.80. The van der Waals surface area contributed by atoms with Crippen LogP contribution in [0.15, 0.2) is 17.5 Å². The highest BCUT2D eigenvalue weighted by Gasteiger charge is 2.22. The predicted octanol–water partition coefficient (Wildman–Crippen LogP) is 3.99. The summed E-state index contributed by atoms with van der Waals surface area (Å²) in [6, 6.07) is 4.68. The van der Waals surface area contributed by atoms with Gasteiger partial charge in [-0.05, 0) is 50.0 Å². The van der Waals surface area contributed by atoms with Gasteiger partial charge >= 0.3 is 0 Å². The van der Waals surface area contributed by atoms with Gasteiger partial charge in [-0.15, -0.1) is 11.3 Å². The molecule has 0 bridgehead atoms. The fraction of sp³-hybridized carbons (Fsp3) is 0.650. The Bertz CT molecular complexity index is 805. The molecular weight excluding hydrogens is 390 g/mol. The van der Waals surface area contributed by atoms with E-state index in [0.29, 0.717) is 25.8 Å². The van der Waals surface area contributed by atoms with Crippen molar-refractivity contribution < 1.29 is 4.79 Å². The van der Waals surface area contributed by atoms with Gasteiger partial charge in [0.25, 0.3) is 0 Å². The summed E-state index contributed by atoms with van der Waals surface area (Å²) in [4.78, 5) is 15.3. The van der Waals surface area contributed by atoms with Gasteiger partial charge in [0.1, 0.15) is 5.82 Å². The van der Waals surface area contributed by atoms with E-state index in [1.165, 1.54) is 37.0 Å². The van der Waals surface area contributed by atoms with E-state index in [1.54, 1.807) is 11.3 Å². The Balaban J connectivity index is 1.78. The summed E-state index contributed by atoms with van der Waals surface area (Å²) in [5.74, 6) is 1.09. The lowest BCUT2D eigenvalue weighted by molar-refractivity contribution is -0.122. The van der Waals surface area contributed by atoms with Crippen molar-refractivity contribution in [3.8, 4) is 0 Å². The topological polar surface area (TPSA) is 55.1 Å². The first-order valence-electron chi connectivity index (χ1n) is 10.2.